The van der Waals surface area contributed by atoms with Crippen LogP contribution in [0.15, 0.2) is 22.7 Å². The van der Waals surface area contributed by atoms with E-state index < -0.39 is 5.41 Å². The van der Waals surface area contributed by atoms with Gasteiger partial charge in [-0.2, -0.15) is 5.26 Å². The molecule has 0 saturated carbocycles. The van der Waals surface area contributed by atoms with Gasteiger partial charge in [0.15, 0.2) is 0 Å². The molecule has 5 heteroatoms. The lowest BCUT2D eigenvalue weighted by Gasteiger charge is -2.22. The van der Waals surface area contributed by atoms with Gasteiger partial charge in [-0.05, 0) is 41.9 Å². The van der Waals surface area contributed by atoms with Crippen LogP contribution in [0.2, 0.25) is 0 Å². The molecule has 0 saturated heterocycles. The molecule has 3 N–H and O–H groups in total. The second-order valence-electron chi connectivity index (χ2n) is 4.38. The molecule has 90 valence electrons. The number of nitrogens with two attached hydrogens (primary N) is 1. The van der Waals surface area contributed by atoms with Gasteiger partial charge < -0.3 is 11.1 Å². The molecule has 1 rings (SSSR count). The number of halogens is 1. The van der Waals surface area contributed by atoms with Gasteiger partial charge in [0, 0.05) is 11.0 Å². The molecule has 1 aromatic rings. The molecule has 17 heavy (non-hydrogen) atoms. The first-order valence-corrected chi connectivity index (χ1v) is 5.90. The van der Waals surface area contributed by atoms with Crippen LogP contribution in [0.25, 0.3) is 0 Å². The monoisotopic (exact) mass is 295 g/mol. The molecule has 0 radical (unpaired) electrons. The van der Waals surface area contributed by atoms with E-state index in [-0.39, 0.29) is 5.91 Å². The molecule has 0 unspecified atom stereocenters. The quantitative estimate of drug-likeness (QED) is 0.894. The van der Waals surface area contributed by atoms with Crippen molar-refractivity contribution in [3.63, 3.8) is 0 Å². The van der Waals surface area contributed by atoms with E-state index in [1.54, 1.807) is 26.0 Å². The summed E-state index contributed by atoms with van der Waals surface area (Å²) in [7, 11) is 0. The van der Waals surface area contributed by atoms with Crippen LogP contribution < -0.4 is 11.1 Å². The van der Waals surface area contributed by atoms with Gasteiger partial charge in [0.25, 0.3) is 0 Å². The zero-order valence-electron chi connectivity index (χ0n) is 9.75. The molecule has 0 atom stereocenters. The van der Waals surface area contributed by atoms with Crippen molar-refractivity contribution < 1.29 is 4.79 Å². The first-order valence-electron chi connectivity index (χ1n) is 5.11. The van der Waals surface area contributed by atoms with Crippen molar-refractivity contribution in [2.24, 2.45) is 11.1 Å². The van der Waals surface area contributed by atoms with Crippen molar-refractivity contribution in [1.82, 2.24) is 0 Å². The van der Waals surface area contributed by atoms with Gasteiger partial charge in [0.2, 0.25) is 5.91 Å². The van der Waals surface area contributed by atoms with Crippen molar-refractivity contribution in [2.45, 2.75) is 13.8 Å². The predicted molar refractivity (Wildman–Crippen MR) is 70.3 cm³/mol. The van der Waals surface area contributed by atoms with Crippen LogP contribution in [0.5, 0.6) is 0 Å². The lowest BCUT2D eigenvalue weighted by Crippen LogP contribution is -2.37. The van der Waals surface area contributed by atoms with Gasteiger partial charge >= 0.3 is 0 Å². The second kappa shape index (κ2) is 5.19. The van der Waals surface area contributed by atoms with E-state index in [9.17, 15) is 4.79 Å². The molecule has 0 spiro atoms. The Kier molecular flexibility index (Phi) is 4.13. The van der Waals surface area contributed by atoms with Gasteiger partial charge in [-0.3, -0.25) is 4.79 Å². The number of amides is 1. The molecular weight excluding hydrogens is 282 g/mol. The smallest absolute Gasteiger partial charge is 0.224 e. The van der Waals surface area contributed by atoms with Crippen LogP contribution in [-0.2, 0) is 4.79 Å². The zero-order valence-corrected chi connectivity index (χ0v) is 11.3. The average Bonchev–Trinajstić information content (AvgIpc) is 2.26. The molecule has 0 bridgehead atoms. The number of hydrogen-bond acceptors (Lipinski definition) is 3. The van der Waals surface area contributed by atoms with Crippen molar-refractivity contribution in [1.29, 1.82) is 5.26 Å². The highest BCUT2D eigenvalue weighted by Gasteiger charge is 2.24. The summed E-state index contributed by atoms with van der Waals surface area (Å²) < 4.78 is 0.724. The number of nitrogens with one attached hydrogen (secondary N) is 1. The maximum atomic E-state index is 11.2. The molecule has 0 aromatic heterocycles. The predicted octanol–water partition coefficient (Wildman–Crippen LogP) is 2.24. The first-order chi connectivity index (χ1) is 7.88. The highest BCUT2D eigenvalue weighted by atomic mass is 79.9. The minimum absolute atomic E-state index is 0.376. The van der Waals surface area contributed by atoms with Crippen LogP contribution in [0.3, 0.4) is 0 Å². The fraction of sp³-hybridized carbons (Fsp3) is 0.333. The van der Waals surface area contributed by atoms with E-state index in [4.69, 9.17) is 11.0 Å². The van der Waals surface area contributed by atoms with Crippen LogP contribution in [-0.4, -0.2) is 12.5 Å². The van der Waals surface area contributed by atoms with Gasteiger partial charge in [0.05, 0.1) is 16.7 Å². The Bertz CT molecular complexity index is 477. The summed E-state index contributed by atoms with van der Waals surface area (Å²) in [6.45, 7) is 3.90. The highest BCUT2D eigenvalue weighted by molar-refractivity contribution is 9.10. The van der Waals surface area contributed by atoms with Crippen molar-refractivity contribution in [2.75, 3.05) is 11.9 Å². The molecular formula is C12H14BrN3O. The Morgan fingerprint density at radius 1 is 1.59 bits per heavy atom. The van der Waals surface area contributed by atoms with E-state index in [0.717, 1.165) is 4.47 Å². The summed E-state index contributed by atoms with van der Waals surface area (Å²) in [5.41, 5.74) is 5.84. The Morgan fingerprint density at radius 2 is 2.24 bits per heavy atom. The third-order valence-corrected chi connectivity index (χ3v) is 3.17. The zero-order chi connectivity index (χ0) is 13.1. The van der Waals surface area contributed by atoms with Gasteiger partial charge in [-0.25, -0.2) is 0 Å². The summed E-state index contributed by atoms with van der Waals surface area (Å²) in [6, 6.07) is 7.51. The number of carbonyl (C=O) groups is 1. The number of carbonyl (C=O) groups excluding carboxylic acids is 1. The third kappa shape index (κ3) is 3.21. The molecule has 4 nitrogen and oxygen atoms in total. The summed E-state index contributed by atoms with van der Waals surface area (Å²) in [5.74, 6) is -0.376. The minimum Gasteiger partial charge on any atom is -0.383 e. The standard InChI is InChI=1S/C12H14BrN3O/c1-12(2,11(15)17)7-16-10-5-3-4-9(13)8(10)6-14/h3-5,16H,7H2,1-2H3,(H2,15,17). The van der Waals surface area contributed by atoms with Gasteiger partial charge in [0.1, 0.15) is 6.07 Å². The number of nitrogens with zero attached hydrogens (tertiary/aromatic N) is 1. The van der Waals surface area contributed by atoms with Crippen molar-refractivity contribution in [3.05, 3.63) is 28.2 Å². The molecule has 0 fully saturated rings. The summed E-state index contributed by atoms with van der Waals surface area (Å²) >= 11 is 3.30. The van der Waals surface area contributed by atoms with Gasteiger partial charge in [-0.15, -0.1) is 0 Å². The lowest BCUT2D eigenvalue weighted by molar-refractivity contribution is -0.125. The topological polar surface area (TPSA) is 78.9 Å². The fourth-order valence-electron chi connectivity index (χ4n) is 1.19. The third-order valence-electron chi connectivity index (χ3n) is 2.51. The SMILES string of the molecule is CC(C)(CNc1cccc(Br)c1C#N)C(N)=O. The number of primary amides is 1. The summed E-state index contributed by atoms with van der Waals surface area (Å²) in [5, 5.41) is 12.1. The van der Waals surface area contributed by atoms with E-state index in [2.05, 4.69) is 27.3 Å². The molecule has 1 amide bonds. The second-order valence-corrected chi connectivity index (χ2v) is 5.23. The first kappa shape index (κ1) is 13.5. The van der Waals surface area contributed by atoms with Crippen LogP contribution in [0.1, 0.15) is 19.4 Å². The Morgan fingerprint density at radius 3 is 2.76 bits per heavy atom. The van der Waals surface area contributed by atoms with Crippen molar-refractivity contribution >= 4 is 27.5 Å². The summed E-state index contributed by atoms with van der Waals surface area (Å²) in [6.07, 6.45) is 0. The Balaban J connectivity index is 2.88. The molecule has 0 aliphatic carbocycles. The minimum atomic E-state index is -0.658. The normalized spacial score (nSPS) is 10.7. The maximum absolute atomic E-state index is 11.2. The molecule has 0 heterocycles. The van der Waals surface area contributed by atoms with Gasteiger partial charge in [-0.1, -0.05) is 6.07 Å². The number of nitriles is 1. The van der Waals surface area contributed by atoms with E-state index in [0.29, 0.717) is 17.8 Å². The Hall–Kier alpha value is -1.54. The average molecular weight is 296 g/mol. The molecule has 0 aliphatic heterocycles. The number of anilines is 1. The molecule has 0 aliphatic rings. The maximum Gasteiger partial charge on any atom is 0.224 e. The number of benzene rings is 1. The lowest BCUT2D eigenvalue weighted by atomic mass is 9.92. The van der Waals surface area contributed by atoms with Crippen molar-refractivity contribution in [3.8, 4) is 6.07 Å². The van der Waals surface area contributed by atoms with E-state index in [1.807, 2.05) is 6.07 Å². The van der Waals surface area contributed by atoms with Crippen LogP contribution in [0, 0.1) is 16.7 Å². The largest absolute Gasteiger partial charge is 0.383 e. The van der Waals surface area contributed by atoms with E-state index >= 15 is 0 Å². The summed E-state index contributed by atoms with van der Waals surface area (Å²) in [4.78, 5) is 11.2. The number of hydrogen-bond donors (Lipinski definition) is 2. The van der Waals surface area contributed by atoms with E-state index in [1.165, 1.54) is 0 Å². The van der Waals surface area contributed by atoms with Crippen LogP contribution in [0.4, 0.5) is 5.69 Å². The number of rotatable bonds is 4. The highest BCUT2D eigenvalue weighted by Crippen LogP contribution is 2.25. The fourth-order valence-corrected chi connectivity index (χ4v) is 1.64. The Labute approximate surface area is 109 Å². The molecule has 1 aromatic carbocycles. The van der Waals surface area contributed by atoms with Crippen LogP contribution >= 0.6 is 15.9 Å².